The molecule has 0 aliphatic heterocycles. The van der Waals surface area contributed by atoms with Crippen LogP contribution >= 0.6 is 0 Å². The minimum absolute atomic E-state index is 0.257. The zero-order chi connectivity index (χ0) is 14.8. The minimum Gasteiger partial charge on any atom is -0.494 e. The average Bonchev–Trinajstić information content (AvgIpc) is 3.20. The standard InChI is InChI=1S/C15H18FN3O2/c1-19(8-10-3-6-13(20-2)12(16)7-10)9-14-17-18-15(21-14)11-4-5-11/h3,6-7,11H,4-5,8-9H2,1-2H3. The number of halogens is 1. The van der Waals surface area contributed by atoms with Crippen LogP contribution in [0, 0.1) is 5.82 Å². The second kappa shape index (κ2) is 5.81. The molecule has 5 nitrogen and oxygen atoms in total. The maximum absolute atomic E-state index is 13.6. The Balaban J connectivity index is 1.59. The van der Waals surface area contributed by atoms with Crippen LogP contribution in [0.4, 0.5) is 4.39 Å². The van der Waals surface area contributed by atoms with Gasteiger partial charge in [0, 0.05) is 12.5 Å². The topological polar surface area (TPSA) is 51.4 Å². The summed E-state index contributed by atoms with van der Waals surface area (Å²) in [5, 5.41) is 8.11. The normalized spacial score (nSPS) is 14.7. The smallest absolute Gasteiger partial charge is 0.230 e. The highest BCUT2D eigenvalue weighted by atomic mass is 19.1. The van der Waals surface area contributed by atoms with Crippen molar-refractivity contribution in [3.8, 4) is 5.75 Å². The van der Waals surface area contributed by atoms with Gasteiger partial charge < -0.3 is 9.15 Å². The molecule has 0 unspecified atom stereocenters. The van der Waals surface area contributed by atoms with Crippen LogP contribution in [0.15, 0.2) is 22.6 Å². The molecule has 0 amide bonds. The Morgan fingerprint density at radius 2 is 2.14 bits per heavy atom. The number of rotatable bonds is 6. The summed E-state index contributed by atoms with van der Waals surface area (Å²) in [4.78, 5) is 2.01. The van der Waals surface area contributed by atoms with Crippen LogP contribution in [-0.2, 0) is 13.1 Å². The fourth-order valence-corrected chi connectivity index (χ4v) is 2.23. The van der Waals surface area contributed by atoms with Crippen LogP contribution in [0.3, 0.4) is 0 Å². The van der Waals surface area contributed by atoms with E-state index >= 15 is 0 Å². The second-order valence-electron chi connectivity index (χ2n) is 5.45. The van der Waals surface area contributed by atoms with Crippen LogP contribution in [0.2, 0.25) is 0 Å². The molecule has 0 saturated heterocycles. The molecular formula is C15H18FN3O2. The van der Waals surface area contributed by atoms with Gasteiger partial charge in [-0.05, 0) is 37.6 Å². The lowest BCUT2D eigenvalue weighted by Crippen LogP contribution is -2.17. The van der Waals surface area contributed by atoms with E-state index in [9.17, 15) is 4.39 Å². The maximum Gasteiger partial charge on any atom is 0.230 e. The number of benzene rings is 1. The lowest BCUT2D eigenvalue weighted by Gasteiger charge is -2.14. The quantitative estimate of drug-likeness (QED) is 0.819. The van der Waals surface area contributed by atoms with Crippen LogP contribution in [-0.4, -0.2) is 29.3 Å². The highest BCUT2D eigenvalue weighted by molar-refractivity contribution is 5.29. The number of ether oxygens (including phenoxy) is 1. The third-order valence-electron chi connectivity index (χ3n) is 3.48. The van der Waals surface area contributed by atoms with Gasteiger partial charge in [0.15, 0.2) is 11.6 Å². The van der Waals surface area contributed by atoms with E-state index in [-0.39, 0.29) is 11.6 Å². The lowest BCUT2D eigenvalue weighted by atomic mass is 10.2. The Morgan fingerprint density at radius 3 is 2.81 bits per heavy atom. The lowest BCUT2D eigenvalue weighted by molar-refractivity contribution is 0.276. The highest BCUT2D eigenvalue weighted by Gasteiger charge is 2.29. The van der Waals surface area contributed by atoms with Crippen molar-refractivity contribution in [3.63, 3.8) is 0 Å². The zero-order valence-electron chi connectivity index (χ0n) is 12.2. The molecule has 1 aliphatic carbocycles. The molecule has 1 saturated carbocycles. The average molecular weight is 291 g/mol. The number of methoxy groups -OCH3 is 1. The SMILES string of the molecule is COc1ccc(CN(C)Cc2nnc(C3CC3)o2)cc1F. The predicted octanol–water partition coefficient (Wildman–Crippen LogP) is 2.73. The number of nitrogens with zero attached hydrogens (tertiary/aromatic N) is 3. The van der Waals surface area contributed by atoms with E-state index < -0.39 is 0 Å². The molecule has 0 radical (unpaired) electrons. The molecule has 2 aromatic rings. The molecule has 112 valence electrons. The van der Waals surface area contributed by atoms with Gasteiger partial charge in [-0.1, -0.05) is 6.07 Å². The Kier molecular flexibility index (Phi) is 3.88. The van der Waals surface area contributed by atoms with E-state index in [1.54, 1.807) is 6.07 Å². The van der Waals surface area contributed by atoms with E-state index in [2.05, 4.69) is 10.2 Å². The van der Waals surface area contributed by atoms with Crippen molar-refractivity contribution < 1.29 is 13.5 Å². The monoisotopic (exact) mass is 291 g/mol. The summed E-state index contributed by atoms with van der Waals surface area (Å²) in [7, 11) is 3.39. The summed E-state index contributed by atoms with van der Waals surface area (Å²) >= 11 is 0. The first-order valence-corrected chi connectivity index (χ1v) is 6.99. The van der Waals surface area contributed by atoms with Crippen LogP contribution in [0.5, 0.6) is 5.75 Å². The van der Waals surface area contributed by atoms with E-state index in [0.717, 1.165) is 24.3 Å². The molecule has 3 rings (SSSR count). The Labute approximate surface area is 122 Å². The van der Waals surface area contributed by atoms with Crippen LogP contribution < -0.4 is 4.74 Å². The zero-order valence-corrected chi connectivity index (χ0v) is 12.2. The van der Waals surface area contributed by atoms with Gasteiger partial charge in [0.1, 0.15) is 0 Å². The molecule has 1 aliphatic rings. The van der Waals surface area contributed by atoms with Gasteiger partial charge in [-0.3, -0.25) is 4.90 Å². The summed E-state index contributed by atoms with van der Waals surface area (Å²) in [5.41, 5.74) is 0.873. The van der Waals surface area contributed by atoms with Crippen LogP contribution in [0.1, 0.15) is 36.1 Å². The summed E-state index contributed by atoms with van der Waals surface area (Å²) in [6.45, 7) is 1.15. The third kappa shape index (κ3) is 3.39. The molecular weight excluding hydrogens is 273 g/mol. The Hall–Kier alpha value is -1.95. The van der Waals surface area contributed by atoms with Crippen molar-refractivity contribution >= 4 is 0 Å². The summed E-state index contributed by atoms with van der Waals surface area (Å²) in [5.74, 6) is 1.72. The van der Waals surface area contributed by atoms with E-state index in [4.69, 9.17) is 9.15 Å². The van der Waals surface area contributed by atoms with Crippen LogP contribution in [0.25, 0.3) is 0 Å². The minimum atomic E-state index is -0.350. The summed E-state index contributed by atoms with van der Waals surface area (Å²) in [6.07, 6.45) is 2.28. The van der Waals surface area contributed by atoms with Crippen molar-refractivity contribution in [1.82, 2.24) is 15.1 Å². The first-order valence-electron chi connectivity index (χ1n) is 6.99. The van der Waals surface area contributed by atoms with Gasteiger partial charge >= 0.3 is 0 Å². The fourth-order valence-electron chi connectivity index (χ4n) is 2.23. The first kappa shape index (κ1) is 14.0. The van der Waals surface area contributed by atoms with Crippen molar-refractivity contribution in [2.24, 2.45) is 0 Å². The van der Waals surface area contributed by atoms with Crippen molar-refractivity contribution in [3.05, 3.63) is 41.4 Å². The van der Waals surface area contributed by atoms with Gasteiger partial charge in [-0.15, -0.1) is 10.2 Å². The van der Waals surface area contributed by atoms with Gasteiger partial charge in [-0.2, -0.15) is 0 Å². The second-order valence-corrected chi connectivity index (χ2v) is 5.45. The molecule has 0 spiro atoms. The third-order valence-corrected chi connectivity index (χ3v) is 3.48. The molecule has 1 heterocycles. The Bertz CT molecular complexity index is 625. The first-order chi connectivity index (χ1) is 10.2. The molecule has 0 N–H and O–H groups in total. The van der Waals surface area contributed by atoms with Crippen molar-refractivity contribution in [1.29, 1.82) is 0 Å². The number of hydrogen-bond acceptors (Lipinski definition) is 5. The number of hydrogen-bond donors (Lipinski definition) is 0. The van der Waals surface area contributed by atoms with Crippen molar-refractivity contribution in [2.45, 2.75) is 31.8 Å². The molecule has 1 fully saturated rings. The largest absolute Gasteiger partial charge is 0.494 e. The van der Waals surface area contributed by atoms with Gasteiger partial charge in [0.05, 0.1) is 13.7 Å². The molecule has 0 atom stereocenters. The van der Waals surface area contributed by atoms with E-state index in [0.29, 0.717) is 24.9 Å². The molecule has 1 aromatic heterocycles. The van der Waals surface area contributed by atoms with Gasteiger partial charge in [0.25, 0.3) is 0 Å². The number of aromatic nitrogens is 2. The molecule has 21 heavy (non-hydrogen) atoms. The summed E-state index contributed by atoms with van der Waals surface area (Å²) < 4.78 is 24.2. The predicted molar refractivity (Wildman–Crippen MR) is 74.4 cm³/mol. The molecule has 1 aromatic carbocycles. The summed E-state index contributed by atoms with van der Waals surface area (Å²) in [6, 6.07) is 4.97. The molecule has 0 bridgehead atoms. The van der Waals surface area contributed by atoms with Gasteiger partial charge in [0.2, 0.25) is 11.8 Å². The maximum atomic E-state index is 13.6. The molecule has 6 heteroatoms. The van der Waals surface area contributed by atoms with E-state index in [1.165, 1.54) is 13.2 Å². The van der Waals surface area contributed by atoms with E-state index in [1.807, 2.05) is 18.0 Å². The van der Waals surface area contributed by atoms with Gasteiger partial charge in [-0.25, -0.2) is 4.39 Å². The van der Waals surface area contributed by atoms with Crippen molar-refractivity contribution in [2.75, 3.05) is 14.2 Å². The Morgan fingerprint density at radius 1 is 1.33 bits per heavy atom. The fraction of sp³-hybridized carbons (Fsp3) is 0.467. The highest BCUT2D eigenvalue weighted by Crippen LogP contribution is 2.39.